The second-order valence-electron chi connectivity index (χ2n) is 6.80. The van der Waals surface area contributed by atoms with E-state index >= 15 is 0 Å². The predicted molar refractivity (Wildman–Crippen MR) is 129 cm³/mol. The van der Waals surface area contributed by atoms with Crippen molar-refractivity contribution in [2.75, 3.05) is 18.5 Å². The summed E-state index contributed by atoms with van der Waals surface area (Å²) in [5.41, 5.74) is 1.17. The average molecular weight is 506 g/mol. The van der Waals surface area contributed by atoms with Crippen LogP contribution in [0.25, 0.3) is 6.08 Å². The molecule has 0 aliphatic heterocycles. The Bertz CT molecular complexity index is 953. The number of unbranched alkanes of at least 4 members (excludes halogenated alkanes) is 3. The van der Waals surface area contributed by atoms with E-state index in [-0.39, 0.29) is 5.57 Å². The molecule has 2 aromatic rings. The van der Waals surface area contributed by atoms with Crippen molar-refractivity contribution in [1.29, 1.82) is 5.26 Å². The smallest absolute Gasteiger partial charge is 0.266 e. The Morgan fingerprint density at radius 3 is 2.55 bits per heavy atom. The lowest BCUT2D eigenvalue weighted by atomic mass is 10.1. The molecule has 0 saturated carbocycles. The third-order valence-corrected chi connectivity index (χ3v) is 5.20. The van der Waals surface area contributed by atoms with E-state index in [1.165, 1.54) is 18.9 Å². The number of halogens is 2. The fourth-order valence-electron chi connectivity index (χ4n) is 2.82. The van der Waals surface area contributed by atoms with Gasteiger partial charge in [-0.3, -0.25) is 4.79 Å². The monoisotopic (exact) mass is 504 g/mol. The zero-order valence-corrected chi connectivity index (χ0v) is 20.1. The number of nitrogens with zero attached hydrogens (tertiary/aromatic N) is 1. The van der Waals surface area contributed by atoms with Crippen LogP contribution in [-0.2, 0) is 4.79 Å². The first kappa shape index (κ1) is 24.8. The molecule has 5 nitrogen and oxygen atoms in total. The van der Waals surface area contributed by atoms with Gasteiger partial charge < -0.3 is 14.8 Å². The van der Waals surface area contributed by atoms with Crippen LogP contribution in [0.5, 0.6) is 11.5 Å². The van der Waals surface area contributed by atoms with Crippen LogP contribution in [0.4, 0.5) is 5.69 Å². The second-order valence-corrected chi connectivity index (χ2v) is 8.09. The molecule has 0 heterocycles. The molecule has 1 N–H and O–H groups in total. The van der Waals surface area contributed by atoms with Crippen molar-refractivity contribution >= 4 is 45.2 Å². The summed E-state index contributed by atoms with van der Waals surface area (Å²) in [4.78, 5) is 12.5. The van der Waals surface area contributed by atoms with Crippen LogP contribution >= 0.6 is 27.5 Å². The number of anilines is 1. The van der Waals surface area contributed by atoms with Crippen LogP contribution in [0.1, 0.15) is 45.1 Å². The van der Waals surface area contributed by atoms with Crippen LogP contribution in [0.3, 0.4) is 0 Å². The molecular formula is C24H26BrClN2O3. The molecule has 0 unspecified atom stereocenters. The molecule has 0 saturated heterocycles. The molecule has 7 heteroatoms. The van der Waals surface area contributed by atoms with E-state index in [0.29, 0.717) is 45.5 Å². The summed E-state index contributed by atoms with van der Waals surface area (Å²) in [6, 6.07) is 12.2. The second kappa shape index (κ2) is 13.0. The highest BCUT2D eigenvalue weighted by Crippen LogP contribution is 2.37. The molecule has 0 aromatic heterocycles. The summed E-state index contributed by atoms with van der Waals surface area (Å²) in [5.74, 6) is 0.684. The first-order valence-electron chi connectivity index (χ1n) is 10.3. The molecule has 0 radical (unpaired) electrons. The maximum atomic E-state index is 12.5. The lowest BCUT2D eigenvalue weighted by Gasteiger charge is -2.15. The van der Waals surface area contributed by atoms with Gasteiger partial charge in [0, 0.05) is 10.7 Å². The van der Waals surface area contributed by atoms with Crippen molar-refractivity contribution in [2.24, 2.45) is 0 Å². The van der Waals surface area contributed by atoms with Gasteiger partial charge in [-0.2, -0.15) is 5.26 Å². The Morgan fingerprint density at radius 1 is 1.16 bits per heavy atom. The van der Waals surface area contributed by atoms with Gasteiger partial charge in [0.25, 0.3) is 5.91 Å². The zero-order valence-electron chi connectivity index (χ0n) is 17.7. The maximum absolute atomic E-state index is 12.5. The molecule has 164 valence electrons. The SMILES string of the molecule is CCCCCCOc1c(Br)cc(/C=C(/C#N)C(=O)Nc2ccc(Cl)cc2)cc1OCC. The van der Waals surface area contributed by atoms with Gasteiger partial charge in [-0.1, -0.05) is 37.8 Å². The third-order valence-electron chi connectivity index (χ3n) is 4.35. The summed E-state index contributed by atoms with van der Waals surface area (Å²) in [6.45, 7) is 5.12. The molecule has 0 spiro atoms. The first-order valence-corrected chi connectivity index (χ1v) is 11.4. The molecular weight excluding hydrogens is 480 g/mol. The van der Waals surface area contributed by atoms with E-state index in [9.17, 15) is 10.1 Å². The highest BCUT2D eigenvalue weighted by Gasteiger charge is 2.14. The van der Waals surface area contributed by atoms with E-state index in [2.05, 4.69) is 28.2 Å². The van der Waals surface area contributed by atoms with Gasteiger partial charge >= 0.3 is 0 Å². The largest absolute Gasteiger partial charge is 0.490 e. The summed E-state index contributed by atoms with van der Waals surface area (Å²) >= 11 is 9.39. The van der Waals surface area contributed by atoms with Gasteiger partial charge in [0.05, 0.1) is 17.7 Å². The van der Waals surface area contributed by atoms with Crippen molar-refractivity contribution < 1.29 is 14.3 Å². The normalized spacial score (nSPS) is 11.0. The fraction of sp³-hybridized carbons (Fsp3) is 0.333. The standard InChI is InChI=1S/C24H26BrClN2O3/c1-3-5-6-7-12-31-23-21(25)14-17(15-22(23)30-4-2)13-18(16-27)24(29)28-20-10-8-19(26)9-11-20/h8-11,13-15H,3-7,12H2,1-2H3,(H,28,29)/b18-13-. The number of benzene rings is 2. The number of rotatable bonds is 11. The van der Waals surface area contributed by atoms with Gasteiger partial charge in [-0.25, -0.2) is 0 Å². The molecule has 2 aromatic carbocycles. The van der Waals surface area contributed by atoms with Crippen molar-refractivity contribution in [2.45, 2.75) is 39.5 Å². The number of nitrogens with one attached hydrogen (secondary N) is 1. The number of carbonyl (C=O) groups excluding carboxylic acids is 1. The van der Waals surface area contributed by atoms with Crippen LogP contribution in [0, 0.1) is 11.3 Å². The van der Waals surface area contributed by atoms with E-state index in [1.54, 1.807) is 36.4 Å². The summed E-state index contributed by atoms with van der Waals surface area (Å²) < 4.78 is 12.4. The van der Waals surface area contributed by atoms with E-state index in [4.69, 9.17) is 21.1 Å². The van der Waals surface area contributed by atoms with E-state index in [0.717, 1.165) is 12.8 Å². The van der Waals surface area contributed by atoms with Gasteiger partial charge in [0.1, 0.15) is 11.6 Å². The van der Waals surface area contributed by atoms with Gasteiger partial charge in [0.15, 0.2) is 11.5 Å². The molecule has 0 bridgehead atoms. The fourth-order valence-corrected chi connectivity index (χ4v) is 3.52. The minimum Gasteiger partial charge on any atom is -0.490 e. The number of nitriles is 1. The highest BCUT2D eigenvalue weighted by molar-refractivity contribution is 9.10. The minimum absolute atomic E-state index is 0.0301. The molecule has 0 fully saturated rings. The summed E-state index contributed by atoms with van der Waals surface area (Å²) in [5, 5.41) is 12.8. The van der Waals surface area contributed by atoms with Crippen molar-refractivity contribution in [3.63, 3.8) is 0 Å². The predicted octanol–water partition coefficient (Wildman–Crippen LogP) is 7.01. The number of hydrogen-bond acceptors (Lipinski definition) is 4. The third kappa shape index (κ3) is 7.93. The first-order chi connectivity index (χ1) is 15.0. The van der Waals surface area contributed by atoms with Crippen LogP contribution in [0.2, 0.25) is 5.02 Å². The molecule has 1 amide bonds. The summed E-state index contributed by atoms with van der Waals surface area (Å²) in [6.07, 6.45) is 5.96. The topological polar surface area (TPSA) is 71.3 Å². The van der Waals surface area contributed by atoms with Gasteiger partial charge in [-0.15, -0.1) is 0 Å². The molecule has 2 rings (SSSR count). The van der Waals surface area contributed by atoms with Crippen molar-refractivity contribution in [1.82, 2.24) is 0 Å². The summed E-state index contributed by atoms with van der Waals surface area (Å²) in [7, 11) is 0. The lowest BCUT2D eigenvalue weighted by molar-refractivity contribution is -0.112. The van der Waals surface area contributed by atoms with Gasteiger partial charge in [-0.05, 0) is 77.3 Å². The van der Waals surface area contributed by atoms with Crippen LogP contribution < -0.4 is 14.8 Å². The number of ether oxygens (including phenoxy) is 2. The Labute approximate surface area is 197 Å². The Morgan fingerprint density at radius 2 is 1.90 bits per heavy atom. The molecule has 0 aliphatic rings. The minimum atomic E-state index is -0.504. The maximum Gasteiger partial charge on any atom is 0.266 e. The average Bonchev–Trinajstić information content (AvgIpc) is 2.75. The lowest BCUT2D eigenvalue weighted by Crippen LogP contribution is -2.13. The Balaban J connectivity index is 2.20. The van der Waals surface area contributed by atoms with E-state index < -0.39 is 5.91 Å². The number of amides is 1. The Hall–Kier alpha value is -2.49. The number of carbonyl (C=O) groups is 1. The van der Waals surface area contributed by atoms with Crippen molar-refractivity contribution in [3.8, 4) is 17.6 Å². The molecule has 31 heavy (non-hydrogen) atoms. The quantitative estimate of drug-likeness (QED) is 0.203. The van der Waals surface area contributed by atoms with E-state index in [1.807, 2.05) is 13.0 Å². The number of hydrogen-bond donors (Lipinski definition) is 1. The zero-order chi connectivity index (χ0) is 22.6. The van der Waals surface area contributed by atoms with Crippen molar-refractivity contribution in [3.05, 3.63) is 57.0 Å². The Kier molecular flexibility index (Phi) is 10.4. The molecule has 0 aliphatic carbocycles. The highest BCUT2D eigenvalue weighted by atomic mass is 79.9. The van der Waals surface area contributed by atoms with Crippen LogP contribution in [-0.4, -0.2) is 19.1 Å². The van der Waals surface area contributed by atoms with Gasteiger partial charge in [0.2, 0.25) is 0 Å². The van der Waals surface area contributed by atoms with Crippen LogP contribution in [0.15, 0.2) is 46.4 Å². The molecule has 0 atom stereocenters.